The molecule has 0 saturated heterocycles. The van der Waals surface area contributed by atoms with Crippen molar-refractivity contribution in [1.29, 1.82) is 0 Å². The van der Waals surface area contributed by atoms with E-state index in [9.17, 15) is 0 Å². The molecule has 106 valence electrons. The van der Waals surface area contributed by atoms with E-state index < -0.39 is 0 Å². The lowest BCUT2D eigenvalue weighted by atomic mass is 10.0. The Morgan fingerprint density at radius 1 is 0.810 bits per heavy atom. The van der Waals surface area contributed by atoms with Gasteiger partial charge in [0.1, 0.15) is 0 Å². The van der Waals surface area contributed by atoms with Crippen LogP contribution in [0.15, 0.2) is 67.0 Å². The summed E-state index contributed by atoms with van der Waals surface area (Å²) in [5.41, 5.74) is 2.52. The molecule has 1 N–H and O–H groups in total. The van der Waals surface area contributed by atoms with E-state index in [-0.39, 0.29) is 6.04 Å². The maximum Gasteiger partial charge on any atom is 0.0315 e. The van der Waals surface area contributed by atoms with Crippen LogP contribution in [0.3, 0.4) is 0 Å². The van der Waals surface area contributed by atoms with Gasteiger partial charge in [0, 0.05) is 24.5 Å². The molecule has 1 heterocycles. The molecule has 2 nitrogen and oxygen atoms in total. The fourth-order valence-electron chi connectivity index (χ4n) is 2.68. The van der Waals surface area contributed by atoms with Crippen LogP contribution in [-0.2, 0) is 0 Å². The normalized spacial score (nSPS) is 14.0. The van der Waals surface area contributed by atoms with Crippen LogP contribution in [0, 0.1) is 0 Å². The second-order valence-electron chi connectivity index (χ2n) is 5.50. The fourth-order valence-corrected chi connectivity index (χ4v) is 2.68. The van der Waals surface area contributed by atoms with Crippen molar-refractivity contribution in [3.63, 3.8) is 0 Å². The van der Waals surface area contributed by atoms with E-state index in [2.05, 4.69) is 72.7 Å². The molecule has 0 saturated carbocycles. The summed E-state index contributed by atoms with van der Waals surface area (Å²) in [7, 11) is 0. The van der Waals surface area contributed by atoms with Crippen LogP contribution < -0.4 is 5.32 Å². The smallest absolute Gasteiger partial charge is 0.0315 e. The van der Waals surface area contributed by atoms with Crippen molar-refractivity contribution in [2.75, 3.05) is 0 Å². The molecule has 2 heteroatoms. The first kappa shape index (κ1) is 13.8. The van der Waals surface area contributed by atoms with E-state index in [4.69, 9.17) is 0 Å². The van der Waals surface area contributed by atoms with Crippen LogP contribution in [0.5, 0.6) is 0 Å². The molecule has 21 heavy (non-hydrogen) atoms. The maximum atomic E-state index is 4.19. The summed E-state index contributed by atoms with van der Waals surface area (Å²) >= 11 is 0. The van der Waals surface area contributed by atoms with E-state index in [0.717, 1.165) is 0 Å². The van der Waals surface area contributed by atoms with Crippen LogP contribution in [0.2, 0.25) is 0 Å². The summed E-state index contributed by atoms with van der Waals surface area (Å²) in [5.74, 6) is 0. The molecular formula is C19H20N2. The van der Waals surface area contributed by atoms with Crippen molar-refractivity contribution in [1.82, 2.24) is 10.3 Å². The number of pyridine rings is 1. The molecule has 1 unspecified atom stereocenters. The quantitative estimate of drug-likeness (QED) is 0.750. The number of rotatable bonds is 4. The van der Waals surface area contributed by atoms with Crippen LogP contribution in [0.25, 0.3) is 10.8 Å². The highest BCUT2D eigenvalue weighted by Crippen LogP contribution is 2.22. The number of nitrogens with one attached hydrogen (secondary N) is 1. The van der Waals surface area contributed by atoms with Crippen molar-refractivity contribution < 1.29 is 0 Å². The highest BCUT2D eigenvalue weighted by Gasteiger charge is 2.11. The minimum Gasteiger partial charge on any atom is -0.304 e. The third-order valence-electron chi connectivity index (χ3n) is 3.96. The summed E-state index contributed by atoms with van der Waals surface area (Å²) in [6.07, 6.45) is 3.73. The molecule has 3 rings (SSSR count). The Labute approximate surface area is 125 Å². The minimum absolute atomic E-state index is 0.278. The van der Waals surface area contributed by atoms with Gasteiger partial charge in [0.15, 0.2) is 0 Å². The standard InChI is InChI=1S/C19H20N2/c1-14(21-15(2)19-8-5-11-20-13-19)17-10-9-16-6-3-4-7-18(16)12-17/h3-15,21H,1-2H3/t14?,15-/m1/s1. The largest absolute Gasteiger partial charge is 0.304 e. The minimum atomic E-state index is 0.278. The molecule has 0 aliphatic heterocycles. The molecule has 0 aliphatic carbocycles. The van der Waals surface area contributed by atoms with E-state index in [0.29, 0.717) is 6.04 Å². The predicted octanol–water partition coefficient (Wildman–Crippen LogP) is 4.65. The lowest BCUT2D eigenvalue weighted by Gasteiger charge is -2.21. The predicted molar refractivity (Wildman–Crippen MR) is 88.2 cm³/mol. The van der Waals surface area contributed by atoms with Gasteiger partial charge in [0.05, 0.1) is 0 Å². The molecule has 0 bridgehead atoms. The van der Waals surface area contributed by atoms with E-state index in [1.54, 1.807) is 0 Å². The maximum absolute atomic E-state index is 4.19. The van der Waals surface area contributed by atoms with Crippen molar-refractivity contribution in [3.8, 4) is 0 Å². The lowest BCUT2D eigenvalue weighted by molar-refractivity contribution is 0.494. The van der Waals surface area contributed by atoms with Gasteiger partial charge in [-0.3, -0.25) is 4.98 Å². The summed E-state index contributed by atoms with van der Waals surface area (Å²) < 4.78 is 0. The summed E-state index contributed by atoms with van der Waals surface area (Å²) in [6, 6.07) is 19.8. The summed E-state index contributed by atoms with van der Waals surface area (Å²) in [4.78, 5) is 4.19. The molecule has 2 aromatic carbocycles. The molecule has 0 aliphatic rings. The zero-order chi connectivity index (χ0) is 14.7. The molecule has 0 fully saturated rings. The van der Waals surface area contributed by atoms with Gasteiger partial charge in [-0.2, -0.15) is 0 Å². The van der Waals surface area contributed by atoms with Crippen molar-refractivity contribution in [3.05, 3.63) is 78.1 Å². The molecule has 2 atom stereocenters. The van der Waals surface area contributed by atoms with Crippen LogP contribution in [0.1, 0.15) is 37.1 Å². The Morgan fingerprint density at radius 2 is 1.57 bits per heavy atom. The third-order valence-corrected chi connectivity index (χ3v) is 3.96. The Kier molecular flexibility index (Phi) is 3.98. The average molecular weight is 276 g/mol. The highest BCUT2D eigenvalue weighted by atomic mass is 14.9. The third kappa shape index (κ3) is 3.11. The van der Waals surface area contributed by atoms with E-state index in [1.807, 2.05) is 18.5 Å². The Bertz CT molecular complexity index is 722. The highest BCUT2D eigenvalue weighted by molar-refractivity contribution is 5.83. The van der Waals surface area contributed by atoms with Gasteiger partial charge in [-0.1, -0.05) is 42.5 Å². The van der Waals surface area contributed by atoms with Gasteiger partial charge in [0.25, 0.3) is 0 Å². The fraction of sp³-hybridized carbons (Fsp3) is 0.211. The number of hydrogen-bond acceptors (Lipinski definition) is 2. The SMILES string of the molecule is CC(N[C@H](C)c1cccnc1)c1ccc2ccccc2c1. The number of fused-ring (bicyclic) bond motifs is 1. The van der Waals surface area contributed by atoms with Gasteiger partial charge >= 0.3 is 0 Å². The monoisotopic (exact) mass is 276 g/mol. The first-order valence-electron chi connectivity index (χ1n) is 7.39. The summed E-state index contributed by atoms with van der Waals surface area (Å²) in [6.45, 7) is 4.38. The Morgan fingerprint density at radius 3 is 2.33 bits per heavy atom. The van der Waals surface area contributed by atoms with Gasteiger partial charge in [-0.05, 0) is 47.9 Å². The topological polar surface area (TPSA) is 24.9 Å². The Balaban J connectivity index is 1.79. The van der Waals surface area contributed by atoms with Gasteiger partial charge in [0.2, 0.25) is 0 Å². The number of nitrogens with zero attached hydrogens (tertiary/aromatic N) is 1. The molecule has 0 radical (unpaired) electrons. The average Bonchev–Trinajstić information content (AvgIpc) is 2.55. The second kappa shape index (κ2) is 6.06. The van der Waals surface area contributed by atoms with Crippen LogP contribution in [-0.4, -0.2) is 4.98 Å². The first-order chi connectivity index (χ1) is 10.2. The van der Waals surface area contributed by atoms with Gasteiger partial charge in [-0.25, -0.2) is 0 Å². The van der Waals surface area contributed by atoms with Crippen LogP contribution >= 0.6 is 0 Å². The second-order valence-corrected chi connectivity index (χ2v) is 5.50. The summed E-state index contributed by atoms with van der Waals surface area (Å²) in [5, 5.41) is 6.21. The van der Waals surface area contributed by atoms with Crippen molar-refractivity contribution in [2.24, 2.45) is 0 Å². The van der Waals surface area contributed by atoms with Crippen molar-refractivity contribution in [2.45, 2.75) is 25.9 Å². The molecule has 3 aromatic rings. The number of aromatic nitrogens is 1. The molecule has 0 amide bonds. The molecule has 1 aromatic heterocycles. The van der Waals surface area contributed by atoms with Crippen LogP contribution in [0.4, 0.5) is 0 Å². The molecule has 0 spiro atoms. The number of hydrogen-bond donors (Lipinski definition) is 1. The van der Waals surface area contributed by atoms with Gasteiger partial charge in [-0.15, -0.1) is 0 Å². The van der Waals surface area contributed by atoms with E-state index in [1.165, 1.54) is 21.9 Å². The zero-order valence-electron chi connectivity index (χ0n) is 12.5. The van der Waals surface area contributed by atoms with Crippen molar-refractivity contribution >= 4 is 10.8 Å². The van der Waals surface area contributed by atoms with Gasteiger partial charge < -0.3 is 5.32 Å². The lowest BCUT2D eigenvalue weighted by Crippen LogP contribution is -2.22. The first-order valence-corrected chi connectivity index (χ1v) is 7.39. The van der Waals surface area contributed by atoms with E-state index >= 15 is 0 Å². The Hall–Kier alpha value is -2.19. The number of benzene rings is 2. The molecular weight excluding hydrogens is 256 g/mol. The zero-order valence-corrected chi connectivity index (χ0v) is 12.5.